The number of carbonyl (C=O) groups is 3. The van der Waals surface area contributed by atoms with Crippen molar-refractivity contribution >= 4 is 51.7 Å². The number of ether oxygens (including phenoxy) is 1. The number of amides is 3. The standard InChI is InChI=1S/C30H35N9O4/c1-5-39-24(15-19(3)36-39)28(42)35-30-33-22-16-20(27(31)41)11-12-23(22)37(30)13-6-7-14-38-26-18(2)9-8-10-21(26)32-29(38)34-25(40)17-43-4/h8-12,15-16H,5-7,13-14,17H2,1-4H3,(H2,31,41)(H,32,34,40)(H,33,35,42). The number of benzene rings is 2. The molecule has 0 spiro atoms. The fourth-order valence-corrected chi connectivity index (χ4v) is 5.25. The van der Waals surface area contributed by atoms with E-state index in [0.29, 0.717) is 48.3 Å². The lowest BCUT2D eigenvalue weighted by atomic mass is 10.2. The van der Waals surface area contributed by atoms with E-state index in [-0.39, 0.29) is 18.4 Å². The number of hydrogen-bond donors (Lipinski definition) is 3. The van der Waals surface area contributed by atoms with Crippen molar-refractivity contribution in [2.45, 2.75) is 53.2 Å². The number of nitrogens with two attached hydrogens (primary N) is 1. The zero-order valence-electron chi connectivity index (χ0n) is 24.7. The summed E-state index contributed by atoms with van der Waals surface area (Å²) in [5.74, 6) is -0.336. The van der Waals surface area contributed by atoms with E-state index in [1.54, 1.807) is 28.9 Å². The Bertz CT molecular complexity index is 1830. The molecule has 13 heteroatoms. The summed E-state index contributed by atoms with van der Waals surface area (Å²) >= 11 is 0. The van der Waals surface area contributed by atoms with Crippen molar-refractivity contribution in [1.82, 2.24) is 28.9 Å². The Labute approximate surface area is 248 Å². The molecule has 0 atom stereocenters. The third-order valence-corrected chi connectivity index (χ3v) is 7.20. The van der Waals surface area contributed by atoms with Crippen LogP contribution in [-0.4, -0.2) is 60.3 Å². The minimum absolute atomic E-state index is 0.0690. The van der Waals surface area contributed by atoms with Gasteiger partial charge in [0.05, 0.1) is 27.8 Å². The first kappa shape index (κ1) is 29.5. The Kier molecular flexibility index (Phi) is 8.53. The van der Waals surface area contributed by atoms with Crippen LogP contribution < -0.4 is 16.4 Å². The van der Waals surface area contributed by atoms with Crippen LogP contribution in [0.5, 0.6) is 0 Å². The first-order valence-corrected chi connectivity index (χ1v) is 14.1. The zero-order chi connectivity index (χ0) is 30.7. The number of aromatic nitrogens is 6. The average Bonchev–Trinajstić information content (AvgIpc) is 3.63. The number of nitrogens with one attached hydrogen (secondary N) is 2. The maximum atomic E-state index is 13.3. The predicted octanol–water partition coefficient (Wildman–Crippen LogP) is 3.64. The Balaban J connectivity index is 1.40. The lowest BCUT2D eigenvalue weighted by molar-refractivity contribution is -0.119. The monoisotopic (exact) mass is 585 g/mol. The highest BCUT2D eigenvalue weighted by atomic mass is 16.5. The summed E-state index contributed by atoms with van der Waals surface area (Å²) < 4.78 is 10.6. The molecule has 5 rings (SSSR count). The number of rotatable bonds is 12. The van der Waals surface area contributed by atoms with Gasteiger partial charge in [0, 0.05) is 32.3 Å². The van der Waals surface area contributed by atoms with Crippen molar-refractivity contribution < 1.29 is 19.1 Å². The SMILES string of the molecule is CCn1nc(C)cc1C(=O)Nc1nc2cc(C(N)=O)ccc2n1CCCCn1c(NC(=O)COC)nc2cccc(C)c21. The molecule has 13 nitrogen and oxygen atoms in total. The van der Waals surface area contributed by atoms with Crippen LogP contribution in [-0.2, 0) is 29.2 Å². The number of nitrogens with zero attached hydrogens (tertiary/aromatic N) is 6. The zero-order valence-corrected chi connectivity index (χ0v) is 24.7. The first-order valence-electron chi connectivity index (χ1n) is 14.1. The second-order valence-corrected chi connectivity index (χ2v) is 10.3. The molecule has 0 aliphatic heterocycles. The van der Waals surface area contributed by atoms with E-state index in [0.717, 1.165) is 40.6 Å². The summed E-state index contributed by atoms with van der Waals surface area (Å²) in [6, 6.07) is 12.7. The third-order valence-electron chi connectivity index (χ3n) is 7.20. The number of para-hydroxylation sites is 1. The van der Waals surface area contributed by atoms with E-state index in [2.05, 4.69) is 25.7 Å². The number of aryl methyl sites for hydroxylation is 5. The quantitative estimate of drug-likeness (QED) is 0.188. The second-order valence-electron chi connectivity index (χ2n) is 10.3. The highest BCUT2D eigenvalue weighted by Gasteiger charge is 2.19. The molecule has 3 aromatic heterocycles. The molecule has 3 amide bonds. The van der Waals surface area contributed by atoms with Gasteiger partial charge < -0.3 is 19.6 Å². The Morgan fingerprint density at radius 1 is 0.930 bits per heavy atom. The molecule has 0 unspecified atom stereocenters. The van der Waals surface area contributed by atoms with Crippen molar-refractivity contribution in [3.8, 4) is 0 Å². The summed E-state index contributed by atoms with van der Waals surface area (Å²) in [5, 5.41) is 10.2. The highest BCUT2D eigenvalue weighted by molar-refractivity contribution is 6.03. The second kappa shape index (κ2) is 12.4. The smallest absolute Gasteiger partial charge is 0.276 e. The molecule has 5 aromatic rings. The van der Waals surface area contributed by atoms with Crippen LogP contribution in [0, 0.1) is 13.8 Å². The molecule has 43 heavy (non-hydrogen) atoms. The summed E-state index contributed by atoms with van der Waals surface area (Å²) in [7, 11) is 1.47. The van der Waals surface area contributed by atoms with Gasteiger partial charge in [-0.15, -0.1) is 0 Å². The van der Waals surface area contributed by atoms with Gasteiger partial charge in [-0.3, -0.25) is 29.7 Å². The Morgan fingerprint density at radius 3 is 2.37 bits per heavy atom. The van der Waals surface area contributed by atoms with Crippen LogP contribution in [0.15, 0.2) is 42.5 Å². The van der Waals surface area contributed by atoms with E-state index >= 15 is 0 Å². The molecule has 4 N–H and O–H groups in total. The van der Waals surface area contributed by atoms with Crippen LogP contribution in [0.4, 0.5) is 11.9 Å². The molecule has 2 aromatic carbocycles. The van der Waals surface area contributed by atoms with Crippen molar-refractivity contribution in [3.63, 3.8) is 0 Å². The van der Waals surface area contributed by atoms with Crippen LogP contribution in [0.2, 0.25) is 0 Å². The van der Waals surface area contributed by atoms with Gasteiger partial charge >= 0.3 is 0 Å². The topological polar surface area (TPSA) is 164 Å². The van der Waals surface area contributed by atoms with E-state index in [1.807, 2.05) is 48.1 Å². The Hall–Kier alpha value is -5.04. The third kappa shape index (κ3) is 6.11. The van der Waals surface area contributed by atoms with Crippen molar-refractivity contribution in [1.29, 1.82) is 0 Å². The lowest BCUT2D eigenvalue weighted by Crippen LogP contribution is -2.20. The largest absolute Gasteiger partial charge is 0.375 e. The summed E-state index contributed by atoms with van der Waals surface area (Å²) in [6.07, 6.45) is 1.45. The number of carbonyl (C=O) groups excluding carboxylic acids is 3. The molecular weight excluding hydrogens is 550 g/mol. The van der Waals surface area contributed by atoms with Gasteiger partial charge in [0.25, 0.3) is 11.8 Å². The molecule has 0 aliphatic carbocycles. The highest BCUT2D eigenvalue weighted by Crippen LogP contribution is 2.26. The van der Waals surface area contributed by atoms with Gasteiger partial charge in [-0.2, -0.15) is 5.10 Å². The fraction of sp³-hybridized carbons (Fsp3) is 0.333. The maximum absolute atomic E-state index is 13.3. The summed E-state index contributed by atoms with van der Waals surface area (Å²) in [4.78, 5) is 46.7. The van der Waals surface area contributed by atoms with Gasteiger partial charge in [-0.25, -0.2) is 9.97 Å². The molecular formula is C30H35N9O4. The summed E-state index contributed by atoms with van der Waals surface area (Å²) in [5.41, 5.74) is 11.1. The average molecular weight is 586 g/mol. The van der Waals surface area contributed by atoms with Crippen LogP contribution in [0.1, 0.15) is 51.9 Å². The number of imidazole rings is 2. The predicted molar refractivity (Wildman–Crippen MR) is 163 cm³/mol. The minimum Gasteiger partial charge on any atom is -0.375 e. The number of anilines is 2. The van der Waals surface area contributed by atoms with Gasteiger partial charge in [0.2, 0.25) is 17.8 Å². The molecule has 3 heterocycles. The number of fused-ring (bicyclic) bond motifs is 2. The maximum Gasteiger partial charge on any atom is 0.276 e. The molecule has 0 saturated heterocycles. The fourth-order valence-electron chi connectivity index (χ4n) is 5.25. The molecule has 0 aliphatic rings. The van der Waals surface area contributed by atoms with Crippen molar-refractivity contribution in [2.75, 3.05) is 24.4 Å². The van der Waals surface area contributed by atoms with Crippen LogP contribution in [0.3, 0.4) is 0 Å². The van der Waals surface area contributed by atoms with Gasteiger partial charge in [-0.1, -0.05) is 12.1 Å². The van der Waals surface area contributed by atoms with Crippen LogP contribution in [0.25, 0.3) is 22.1 Å². The Morgan fingerprint density at radius 2 is 1.65 bits per heavy atom. The van der Waals surface area contributed by atoms with Gasteiger partial charge in [0.1, 0.15) is 12.3 Å². The molecule has 0 fully saturated rings. The van der Waals surface area contributed by atoms with Crippen molar-refractivity contribution in [2.24, 2.45) is 5.73 Å². The van der Waals surface area contributed by atoms with E-state index < -0.39 is 5.91 Å². The molecule has 0 radical (unpaired) electrons. The molecule has 0 bridgehead atoms. The number of unbranched alkanes of at least 4 members (excludes halogenated alkanes) is 1. The van der Waals surface area contributed by atoms with Crippen LogP contribution >= 0.6 is 0 Å². The lowest BCUT2D eigenvalue weighted by Gasteiger charge is -2.13. The van der Waals surface area contributed by atoms with Crippen molar-refractivity contribution in [3.05, 3.63) is 65.0 Å². The number of primary amides is 1. The van der Waals surface area contributed by atoms with Gasteiger partial charge in [0.15, 0.2) is 0 Å². The van der Waals surface area contributed by atoms with Gasteiger partial charge in [-0.05, 0) is 69.5 Å². The number of hydrogen-bond acceptors (Lipinski definition) is 7. The van der Waals surface area contributed by atoms with E-state index in [1.165, 1.54) is 7.11 Å². The minimum atomic E-state index is -0.555. The van der Waals surface area contributed by atoms with E-state index in [9.17, 15) is 14.4 Å². The van der Waals surface area contributed by atoms with E-state index in [4.69, 9.17) is 10.5 Å². The molecule has 224 valence electrons. The first-order chi connectivity index (χ1) is 20.7. The number of methoxy groups -OCH3 is 1. The molecule has 0 saturated carbocycles. The normalized spacial score (nSPS) is 11.3. The summed E-state index contributed by atoms with van der Waals surface area (Å²) in [6.45, 7) is 7.38.